The fraction of sp³-hybridized carbons (Fsp3) is 0.318. The summed E-state index contributed by atoms with van der Waals surface area (Å²) in [4.78, 5) is 16.5. The van der Waals surface area contributed by atoms with Gasteiger partial charge in [0.15, 0.2) is 5.75 Å². The zero-order valence-electron chi connectivity index (χ0n) is 17.1. The van der Waals surface area contributed by atoms with Crippen molar-refractivity contribution in [1.29, 1.82) is 0 Å². The zero-order valence-corrected chi connectivity index (χ0v) is 17.1. The van der Waals surface area contributed by atoms with Gasteiger partial charge in [-0.2, -0.15) is 0 Å². The maximum Gasteiger partial charge on any atom is 0.223 e. The van der Waals surface area contributed by atoms with Gasteiger partial charge in [-0.25, -0.2) is 0 Å². The second-order valence-corrected chi connectivity index (χ2v) is 7.15. The fourth-order valence-electron chi connectivity index (χ4n) is 3.19. The quantitative estimate of drug-likeness (QED) is 0.343. The third-order valence-corrected chi connectivity index (χ3v) is 4.65. The maximum atomic E-state index is 12.9. The molecular weight excluding hydrogens is 427 g/mol. The predicted molar refractivity (Wildman–Crippen MR) is 111 cm³/mol. The van der Waals surface area contributed by atoms with Crippen LogP contribution in [0.3, 0.4) is 0 Å². The molecule has 172 valence electrons. The SMILES string of the molecule is C[C@@H](O)CC(CO)OC(CO)Oc1cc(O)c2c(=O)c(-c3ccc(OF)cc3)coc2c1. The van der Waals surface area contributed by atoms with Gasteiger partial charge in [0.05, 0.1) is 24.4 Å². The Hall–Kier alpha value is -3.18. The van der Waals surface area contributed by atoms with E-state index < -0.39 is 42.9 Å². The lowest BCUT2D eigenvalue weighted by Gasteiger charge is -2.24. The minimum atomic E-state index is -1.20. The summed E-state index contributed by atoms with van der Waals surface area (Å²) in [6, 6.07) is 8.11. The Morgan fingerprint density at radius 2 is 1.81 bits per heavy atom. The summed E-state index contributed by atoms with van der Waals surface area (Å²) in [6.45, 7) is 0.558. The molecule has 0 saturated heterocycles. The molecule has 9 nitrogen and oxygen atoms in total. The predicted octanol–water partition coefficient (Wildman–Crippen LogP) is 2.27. The Kier molecular flexibility index (Phi) is 7.65. The standard InChI is InChI=1S/C22H23FO9/c1-12(26)6-16(9-24)31-20(10-25)30-15-7-18(27)21-19(8-15)29-11-17(22(21)28)13-2-4-14(32-23)5-3-13/h2-5,7-8,11-12,16,20,24-27H,6,9-10H2,1H3/t12-,16?,20?/m1/s1. The van der Waals surface area contributed by atoms with Crippen LogP contribution in [0.1, 0.15) is 13.3 Å². The van der Waals surface area contributed by atoms with Crippen molar-refractivity contribution in [3.63, 3.8) is 0 Å². The topological polar surface area (TPSA) is 139 Å². The van der Waals surface area contributed by atoms with Gasteiger partial charge in [0.2, 0.25) is 11.7 Å². The summed E-state index contributed by atoms with van der Waals surface area (Å²) in [5, 5.41) is 38.7. The smallest absolute Gasteiger partial charge is 0.223 e. The van der Waals surface area contributed by atoms with Crippen LogP contribution in [0.4, 0.5) is 4.53 Å². The first kappa shape index (κ1) is 23.5. The molecule has 0 spiro atoms. The number of phenols is 1. The lowest BCUT2D eigenvalue weighted by molar-refractivity contribution is -0.157. The van der Waals surface area contributed by atoms with Crippen molar-refractivity contribution in [3.05, 3.63) is 52.9 Å². The second-order valence-electron chi connectivity index (χ2n) is 7.15. The van der Waals surface area contributed by atoms with Crippen molar-refractivity contribution < 1.29 is 43.8 Å². The van der Waals surface area contributed by atoms with Crippen LogP contribution in [0.2, 0.25) is 0 Å². The lowest BCUT2D eigenvalue weighted by atomic mass is 10.0. The Labute approximate surface area is 181 Å². The van der Waals surface area contributed by atoms with Crippen molar-refractivity contribution in [2.24, 2.45) is 0 Å². The Bertz CT molecular complexity index is 1090. The molecule has 0 radical (unpaired) electrons. The number of aliphatic hydroxyl groups excluding tert-OH is 3. The van der Waals surface area contributed by atoms with Gasteiger partial charge in [-0.05, 0) is 24.6 Å². The monoisotopic (exact) mass is 450 g/mol. The molecule has 0 aliphatic heterocycles. The van der Waals surface area contributed by atoms with E-state index in [4.69, 9.17) is 13.9 Å². The maximum absolute atomic E-state index is 12.9. The first-order valence-electron chi connectivity index (χ1n) is 9.75. The number of aromatic hydroxyl groups is 1. The van der Waals surface area contributed by atoms with E-state index in [1.54, 1.807) is 0 Å². The van der Waals surface area contributed by atoms with Crippen molar-refractivity contribution in [3.8, 4) is 28.4 Å². The van der Waals surface area contributed by atoms with Gasteiger partial charge < -0.3 is 34.3 Å². The van der Waals surface area contributed by atoms with E-state index in [0.717, 1.165) is 6.07 Å². The molecule has 3 aromatic rings. The van der Waals surface area contributed by atoms with Crippen molar-refractivity contribution in [2.45, 2.75) is 31.8 Å². The summed E-state index contributed by atoms with van der Waals surface area (Å²) >= 11 is 0. The first-order chi connectivity index (χ1) is 15.4. The largest absolute Gasteiger partial charge is 0.507 e. The van der Waals surface area contributed by atoms with Gasteiger partial charge in [0, 0.05) is 23.1 Å². The molecule has 1 aromatic heterocycles. The summed E-state index contributed by atoms with van der Waals surface area (Å²) in [6.07, 6.45) is -1.40. The van der Waals surface area contributed by atoms with Gasteiger partial charge in [-0.3, -0.25) is 9.74 Å². The minimum absolute atomic E-state index is 0.0249. The van der Waals surface area contributed by atoms with Crippen LogP contribution in [0.5, 0.6) is 17.2 Å². The van der Waals surface area contributed by atoms with Crippen LogP contribution in [0.25, 0.3) is 22.1 Å². The van der Waals surface area contributed by atoms with Gasteiger partial charge >= 0.3 is 0 Å². The molecule has 0 aliphatic rings. The van der Waals surface area contributed by atoms with Crippen LogP contribution >= 0.6 is 0 Å². The molecule has 2 unspecified atom stereocenters. The van der Waals surface area contributed by atoms with Crippen molar-refractivity contribution in [1.82, 2.24) is 0 Å². The molecule has 4 N–H and O–H groups in total. The van der Waals surface area contributed by atoms with Gasteiger partial charge in [0.1, 0.15) is 35.3 Å². The van der Waals surface area contributed by atoms with E-state index in [1.807, 2.05) is 0 Å². The summed E-state index contributed by atoms with van der Waals surface area (Å²) in [5.74, 6) is -0.402. The van der Waals surface area contributed by atoms with Gasteiger partial charge in [-0.15, -0.1) is 0 Å². The second kappa shape index (κ2) is 10.4. The minimum Gasteiger partial charge on any atom is -0.507 e. The molecule has 1 heterocycles. The lowest BCUT2D eigenvalue weighted by Crippen LogP contribution is -2.33. The average molecular weight is 450 g/mol. The molecule has 32 heavy (non-hydrogen) atoms. The number of ether oxygens (including phenoxy) is 2. The molecule has 0 bridgehead atoms. The van der Waals surface area contributed by atoms with Crippen molar-refractivity contribution >= 4 is 11.0 Å². The van der Waals surface area contributed by atoms with E-state index in [0.29, 0.717) is 5.56 Å². The number of rotatable bonds is 10. The van der Waals surface area contributed by atoms with E-state index >= 15 is 0 Å². The molecule has 3 rings (SSSR count). The fourth-order valence-corrected chi connectivity index (χ4v) is 3.19. The summed E-state index contributed by atoms with van der Waals surface area (Å²) < 4.78 is 28.7. The Morgan fingerprint density at radius 1 is 1.09 bits per heavy atom. The summed E-state index contributed by atoms with van der Waals surface area (Å²) in [5.41, 5.74) is 0.0868. The highest BCUT2D eigenvalue weighted by Gasteiger charge is 2.21. The molecule has 0 amide bonds. The third kappa shape index (κ3) is 5.35. The van der Waals surface area contributed by atoms with E-state index in [-0.39, 0.29) is 34.5 Å². The van der Waals surface area contributed by atoms with Crippen LogP contribution in [-0.4, -0.2) is 52.1 Å². The van der Waals surface area contributed by atoms with E-state index in [9.17, 15) is 29.7 Å². The van der Waals surface area contributed by atoms with Crippen LogP contribution < -0.4 is 15.1 Å². The number of halogens is 1. The highest BCUT2D eigenvalue weighted by molar-refractivity contribution is 5.88. The van der Waals surface area contributed by atoms with Crippen LogP contribution in [0.15, 0.2) is 51.9 Å². The number of phenolic OH excluding ortho intramolecular Hbond substituents is 1. The number of fused-ring (bicyclic) bond motifs is 1. The number of aliphatic hydroxyl groups is 3. The molecule has 0 saturated carbocycles. The third-order valence-electron chi connectivity index (χ3n) is 4.65. The highest BCUT2D eigenvalue weighted by Crippen LogP contribution is 2.31. The van der Waals surface area contributed by atoms with Gasteiger partial charge in [-0.1, -0.05) is 12.1 Å². The molecule has 2 aromatic carbocycles. The van der Waals surface area contributed by atoms with E-state index in [1.165, 1.54) is 43.5 Å². The summed E-state index contributed by atoms with van der Waals surface area (Å²) in [7, 11) is 0. The number of benzene rings is 2. The highest BCUT2D eigenvalue weighted by atomic mass is 19.3. The Balaban J connectivity index is 1.88. The van der Waals surface area contributed by atoms with Crippen LogP contribution in [0, 0.1) is 0 Å². The van der Waals surface area contributed by atoms with Gasteiger partial charge in [0.25, 0.3) is 0 Å². The van der Waals surface area contributed by atoms with Crippen LogP contribution in [-0.2, 0) is 4.74 Å². The molecule has 10 heteroatoms. The molecule has 0 fully saturated rings. The Morgan fingerprint density at radius 3 is 2.41 bits per heavy atom. The molecule has 3 atom stereocenters. The first-order valence-corrected chi connectivity index (χ1v) is 9.75. The van der Waals surface area contributed by atoms with Crippen molar-refractivity contribution in [2.75, 3.05) is 13.2 Å². The normalized spacial score (nSPS) is 14.2. The number of hydrogen-bond acceptors (Lipinski definition) is 9. The number of hydrogen-bond donors (Lipinski definition) is 4. The van der Waals surface area contributed by atoms with E-state index in [2.05, 4.69) is 4.94 Å². The molecule has 0 aliphatic carbocycles. The average Bonchev–Trinajstić information content (AvgIpc) is 2.77. The zero-order chi connectivity index (χ0) is 23.3. The molecular formula is C22H23FO9.